The lowest BCUT2D eigenvalue weighted by atomic mass is 9.64. The highest BCUT2D eigenvalue weighted by Gasteiger charge is 2.63. The molecule has 3 aliphatic carbocycles. The molecule has 2 aromatic rings. The number of allylic oxidation sites excluding steroid dienone is 2. The molecule has 0 radical (unpaired) electrons. The quantitative estimate of drug-likeness (QED) is 0.208. The number of aliphatic hydroxyl groups is 1. The minimum Gasteiger partial charge on any atom is -0.440 e. The summed E-state index contributed by atoms with van der Waals surface area (Å²) in [5, 5.41) is 10.8. The Hall–Kier alpha value is -3.17. The van der Waals surface area contributed by atoms with Gasteiger partial charge in [0, 0.05) is 36.8 Å². The Balaban J connectivity index is 1.60. The monoisotopic (exact) mass is 613 g/mol. The predicted molar refractivity (Wildman–Crippen MR) is 161 cm³/mol. The van der Waals surface area contributed by atoms with Crippen molar-refractivity contribution in [3.63, 3.8) is 0 Å². The molecule has 2 bridgehead atoms. The van der Waals surface area contributed by atoms with E-state index >= 15 is 0 Å². The summed E-state index contributed by atoms with van der Waals surface area (Å²) in [4.78, 5) is 29.0. The number of fused-ring (bicyclic) bond motifs is 8. The van der Waals surface area contributed by atoms with E-state index < -0.39 is 34.6 Å². The molecule has 1 heterocycles. The Morgan fingerprint density at radius 3 is 2.70 bits per heavy atom. The van der Waals surface area contributed by atoms with Crippen molar-refractivity contribution in [2.45, 2.75) is 89.0 Å². The maximum absolute atomic E-state index is 14.1. The number of hydrogen-bond acceptors (Lipinski definition) is 5. The number of halogens is 3. The Kier molecular flexibility index (Phi) is 9.29. The standard InChI is InChI=1S/C35H42F3NO5/c1-23-7-5-15-33(2)30(14-16-34(33)22-39(32(42)44-34)17-6-18-43-3)28-13-11-24(19-27(40)12-10-23)20-29(28)31(41)25-8-4-9-26(21-25)35(36,37)38/h4,7-9,11,13,20-21,27,30,40H,5-6,10,12,14-19,22H2,1-3H3. The van der Waals surface area contributed by atoms with Crippen LogP contribution in [0.2, 0.25) is 0 Å². The molecule has 0 aromatic heterocycles. The van der Waals surface area contributed by atoms with Gasteiger partial charge < -0.3 is 19.5 Å². The van der Waals surface area contributed by atoms with Crippen molar-refractivity contribution in [3.05, 3.63) is 81.9 Å². The minimum atomic E-state index is -4.58. The highest BCUT2D eigenvalue weighted by Crippen LogP contribution is 2.61. The van der Waals surface area contributed by atoms with Crippen molar-refractivity contribution < 1.29 is 37.3 Å². The van der Waals surface area contributed by atoms with E-state index in [-0.39, 0.29) is 17.6 Å². The molecule has 1 aliphatic heterocycles. The highest BCUT2D eigenvalue weighted by atomic mass is 19.4. The van der Waals surface area contributed by atoms with E-state index in [1.807, 2.05) is 12.1 Å². The van der Waals surface area contributed by atoms with Gasteiger partial charge in [-0.15, -0.1) is 0 Å². The van der Waals surface area contributed by atoms with Gasteiger partial charge >= 0.3 is 12.3 Å². The summed E-state index contributed by atoms with van der Waals surface area (Å²) in [7, 11) is 1.63. The molecule has 238 valence electrons. The first-order chi connectivity index (χ1) is 20.9. The molecule has 1 saturated carbocycles. The second-order valence-corrected chi connectivity index (χ2v) is 13.0. The number of alkyl halides is 3. The minimum absolute atomic E-state index is 0.0375. The molecule has 4 atom stereocenters. The number of nitrogens with zero attached hydrogens (tertiary/aromatic N) is 1. The fourth-order valence-corrected chi connectivity index (χ4v) is 7.55. The number of hydrogen-bond donors (Lipinski definition) is 1. The second kappa shape index (κ2) is 12.7. The van der Waals surface area contributed by atoms with Crippen LogP contribution in [0.1, 0.15) is 97.3 Å². The summed E-state index contributed by atoms with van der Waals surface area (Å²) in [5.74, 6) is -0.673. The average molecular weight is 614 g/mol. The number of carbonyl (C=O) groups excluding carboxylic acids is 2. The van der Waals surface area contributed by atoms with Gasteiger partial charge in [0.25, 0.3) is 0 Å². The maximum Gasteiger partial charge on any atom is 0.416 e. The van der Waals surface area contributed by atoms with Crippen LogP contribution in [0.5, 0.6) is 0 Å². The zero-order valence-corrected chi connectivity index (χ0v) is 25.7. The Morgan fingerprint density at radius 2 is 1.95 bits per heavy atom. The molecular weight excluding hydrogens is 571 g/mol. The molecule has 44 heavy (non-hydrogen) atoms. The van der Waals surface area contributed by atoms with Crippen LogP contribution in [-0.2, 0) is 22.1 Å². The number of ether oxygens (including phenoxy) is 2. The smallest absolute Gasteiger partial charge is 0.416 e. The molecular formula is C35H42F3NO5. The lowest BCUT2D eigenvalue weighted by molar-refractivity contribution is -0.137. The van der Waals surface area contributed by atoms with Crippen LogP contribution in [-0.4, -0.2) is 60.4 Å². The number of carbonyl (C=O) groups is 2. The summed E-state index contributed by atoms with van der Waals surface area (Å²) in [5.41, 5.74) is 0.786. The van der Waals surface area contributed by atoms with Crippen molar-refractivity contribution in [2.24, 2.45) is 5.41 Å². The Morgan fingerprint density at radius 1 is 1.16 bits per heavy atom. The first-order valence-corrected chi connectivity index (χ1v) is 15.5. The zero-order valence-electron chi connectivity index (χ0n) is 25.7. The van der Waals surface area contributed by atoms with Crippen LogP contribution in [0.3, 0.4) is 0 Å². The van der Waals surface area contributed by atoms with Gasteiger partial charge in [0.1, 0.15) is 5.60 Å². The molecule has 6 nitrogen and oxygen atoms in total. The molecule has 1 spiro atoms. The van der Waals surface area contributed by atoms with Gasteiger partial charge in [-0.2, -0.15) is 13.2 Å². The Labute approximate surface area is 257 Å². The number of rotatable bonds is 6. The molecule has 2 fully saturated rings. The fourth-order valence-electron chi connectivity index (χ4n) is 7.55. The lowest BCUT2D eigenvalue weighted by Gasteiger charge is -2.43. The molecule has 9 heteroatoms. The summed E-state index contributed by atoms with van der Waals surface area (Å²) in [6, 6.07) is 10.1. The fraction of sp³-hybridized carbons (Fsp3) is 0.543. The van der Waals surface area contributed by atoms with E-state index in [1.54, 1.807) is 18.1 Å². The number of ketones is 1. The molecule has 1 N–H and O–H groups in total. The van der Waals surface area contributed by atoms with Gasteiger partial charge in [0.05, 0.1) is 18.2 Å². The van der Waals surface area contributed by atoms with E-state index in [4.69, 9.17) is 9.47 Å². The van der Waals surface area contributed by atoms with E-state index in [0.29, 0.717) is 63.8 Å². The van der Waals surface area contributed by atoms with Crippen molar-refractivity contribution in [1.29, 1.82) is 0 Å². The molecule has 1 saturated heterocycles. The first kappa shape index (κ1) is 32.2. The largest absolute Gasteiger partial charge is 0.440 e. The molecule has 1 amide bonds. The van der Waals surface area contributed by atoms with Gasteiger partial charge in [-0.3, -0.25) is 4.79 Å². The first-order valence-electron chi connectivity index (χ1n) is 15.5. The SMILES string of the molecule is COCCCN1CC2(CCC3c4ccc(cc4C(=O)c4cccc(C(F)(F)F)c4)CC(O)CCC(C)=CCCC32C)OC1=O. The van der Waals surface area contributed by atoms with E-state index in [1.165, 1.54) is 17.7 Å². The predicted octanol–water partition coefficient (Wildman–Crippen LogP) is 7.47. The van der Waals surface area contributed by atoms with Crippen LogP contribution in [0.4, 0.5) is 18.0 Å². The maximum atomic E-state index is 14.1. The summed E-state index contributed by atoms with van der Waals surface area (Å²) in [6.45, 7) is 5.69. The van der Waals surface area contributed by atoms with Crippen LogP contribution in [0.25, 0.3) is 0 Å². The Bertz CT molecular complexity index is 1420. The van der Waals surface area contributed by atoms with Gasteiger partial charge in [-0.25, -0.2) is 4.79 Å². The normalized spacial score (nSPS) is 27.7. The van der Waals surface area contributed by atoms with Crippen molar-refractivity contribution in [1.82, 2.24) is 4.90 Å². The molecule has 4 aliphatic rings. The van der Waals surface area contributed by atoms with Gasteiger partial charge in [0.15, 0.2) is 5.78 Å². The number of amides is 1. The second-order valence-electron chi connectivity index (χ2n) is 13.0. The van der Waals surface area contributed by atoms with Gasteiger partial charge in [-0.1, -0.05) is 42.8 Å². The third kappa shape index (κ3) is 6.31. The topological polar surface area (TPSA) is 76.1 Å². The summed E-state index contributed by atoms with van der Waals surface area (Å²) >= 11 is 0. The molecule has 6 rings (SSSR count). The molecule has 4 unspecified atom stereocenters. The summed E-state index contributed by atoms with van der Waals surface area (Å²) < 4.78 is 52.3. The van der Waals surface area contributed by atoms with Crippen LogP contribution in [0.15, 0.2) is 54.1 Å². The van der Waals surface area contributed by atoms with Crippen LogP contribution >= 0.6 is 0 Å². The lowest BCUT2D eigenvalue weighted by Crippen LogP contribution is -2.48. The van der Waals surface area contributed by atoms with Crippen molar-refractivity contribution in [2.75, 3.05) is 26.8 Å². The number of benzene rings is 2. The molecule has 2 aromatic carbocycles. The van der Waals surface area contributed by atoms with Gasteiger partial charge in [0.2, 0.25) is 0 Å². The number of methoxy groups -OCH3 is 1. The summed E-state index contributed by atoms with van der Waals surface area (Å²) in [6.07, 6.45) is 1.63. The van der Waals surface area contributed by atoms with Gasteiger partial charge in [-0.05, 0) is 93.5 Å². The average Bonchev–Trinajstić information content (AvgIpc) is 3.45. The van der Waals surface area contributed by atoms with Crippen LogP contribution < -0.4 is 0 Å². The zero-order chi connectivity index (χ0) is 31.7. The van der Waals surface area contributed by atoms with Crippen molar-refractivity contribution >= 4 is 11.9 Å². The third-order valence-corrected chi connectivity index (χ3v) is 10.1. The number of aliphatic hydroxyl groups excluding tert-OH is 1. The van der Waals surface area contributed by atoms with Crippen LogP contribution in [0, 0.1) is 5.41 Å². The highest BCUT2D eigenvalue weighted by molar-refractivity contribution is 6.10. The van der Waals surface area contributed by atoms with E-state index in [9.17, 15) is 27.9 Å². The van der Waals surface area contributed by atoms with E-state index in [2.05, 4.69) is 19.9 Å². The van der Waals surface area contributed by atoms with E-state index in [0.717, 1.165) is 36.1 Å². The van der Waals surface area contributed by atoms with Crippen molar-refractivity contribution in [3.8, 4) is 0 Å². The third-order valence-electron chi connectivity index (χ3n) is 10.1.